The van der Waals surface area contributed by atoms with Crippen molar-refractivity contribution in [2.24, 2.45) is 5.92 Å². The Morgan fingerprint density at radius 3 is 2.91 bits per heavy atom. The highest BCUT2D eigenvalue weighted by molar-refractivity contribution is 5.75. The Bertz CT molecular complexity index is 538. The Hall–Kier alpha value is -1.70. The van der Waals surface area contributed by atoms with Crippen LogP contribution >= 0.6 is 0 Å². The fraction of sp³-hybridized carbons (Fsp3) is 0.625. The van der Waals surface area contributed by atoms with Gasteiger partial charge in [0, 0.05) is 57.9 Å². The van der Waals surface area contributed by atoms with Crippen molar-refractivity contribution in [3.8, 4) is 5.88 Å². The Morgan fingerprint density at radius 1 is 1.48 bits per heavy atom. The van der Waals surface area contributed by atoms with Gasteiger partial charge in [-0.25, -0.2) is 4.98 Å². The van der Waals surface area contributed by atoms with Gasteiger partial charge < -0.3 is 19.9 Å². The van der Waals surface area contributed by atoms with Crippen molar-refractivity contribution >= 4 is 5.91 Å². The van der Waals surface area contributed by atoms with Crippen molar-refractivity contribution in [3.05, 3.63) is 23.4 Å². The molecule has 1 amide bonds. The zero-order chi connectivity index (χ0) is 16.8. The number of nitrogens with zero attached hydrogens (tertiary/aromatic N) is 2. The van der Waals surface area contributed by atoms with Crippen LogP contribution in [0.5, 0.6) is 5.88 Å². The van der Waals surface area contributed by atoms with Crippen molar-refractivity contribution in [1.82, 2.24) is 15.2 Å². The maximum absolute atomic E-state index is 11.5. The summed E-state index contributed by atoms with van der Waals surface area (Å²) < 4.78 is 10.5. The molecule has 23 heavy (non-hydrogen) atoms. The number of pyridine rings is 1. The molecule has 0 aromatic carbocycles. The van der Waals surface area contributed by atoms with E-state index in [1.165, 1.54) is 0 Å². The lowest BCUT2D eigenvalue weighted by Crippen LogP contribution is -2.27. The lowest BCUT2D eigenvalue weighted by molar-refractivity contribution is -0.122. The summed E-state index contributed by atoms with van der Waals surface area (Å²) in [7, 11) is 4.85. The van der Waals surface area contributed by atoms with Crippen molar-refractivity contribution < 1.29 is 19.4 Å². The third-order valence-electron chi connectivity index (χ3n) is 4.09. The van der Waals surface area contributed by atoms with Crippen molar-refractivity contribution in [3.63, 3.8) is 0 Å². The molecule has 1 aromatic heterocycles. The first kappa shape index (κ1) is 17.7. The molecule has 7 heteroatoms. The quantitative estimate of drug-likeness (QED) is 0.744. The maximum Gasteiger partial charge on any atom is 0.220 e. The number of hydrogen-bond acceptors (Lipinski definition) is 6. The summed E-state index contributed by atoms with van der Waals surface area (Å²) in [4.78, 5) is 17.9. The van der Waals surface area contributed by atoms with Gasteiger partial charge >= 0.3 is 0 Å². The predicted octanol–water partition coefficient (Wildman–Crippen LogP) is 0.165. The van der Waals surface area contributed by atoms with Gasteiger partial charge in [-0.2, -0.15) is 0 Å². The van der Waals surface area contributed by atoms with Crippen LogP contribution in [-0.2, 0) is 22.7 Å². The second-order valence-corrected chi connectivity index (χ2v) is 5.84. The third-order valence-corrected chi connectivity index (χ3v) is 4.09. The number of hydrogen-bond donors (Lipinski definition) is 2. The van der Waals surface area contributed by atoms with Crippen molar-refractivity contribution in [1.29, 1.82) is 0 Å². The fourth-order valence-electron chi connectivity index (χ4n) is 2.94. The average Bonchev–Trinajstić information content (AvgIpc) is 2.87. The molecule has 0 saturated carbocycles. The highest BCUT2D eigenvalue weighted by Gasteiger charge is 2.32. The van der Waals surface area contributed by atoms with Crippen LogP contribution in [0.4, 0.5) is 0 Å². The van der Waals surface area contributed by atoms with Crippen LogP contribution < -0.4 is 10.1 Å². The minimum atomic E-state index is -0.492. The van der Waals surface area contributed by atoms with E-state index in [1.807, 2.05) is 6.07 Å². The van der Waals surface area contributed by atoms with Crippen LogP contribution in [0.2, 0.25) is 0 Å². The van der Waals surface area contributed by atoms with E-state index >= 15 is 0 Å². The van der Waals surface area contributed by atoms with E-state index in [2.05, 4.69) is 15.2 Å². The number of amides is 1. The van der Waals surface area contributed by atoms with Gasteiger partial charge in [0.2, 0.25) is 11.8 Å². The number of rotatable bonds is 7. The first-order valence-electron chi connectivity index (χ1n) is 7.69. The largest absolute Gasteiger partial charge is 0.481 e. The summed E-state index contributed by atoms with van der Waals surface area (Å²) in [6.07, 6.45) is 1.58. The number of methoxy groups -OCH3 is 2. The average molecular weight is 323 g/mol. The van der Waals surface area contributed by atoms with E-state index in [0.29, 0.717) is 38.5 Å². The predicted molar refractivity (Wildman–Crippen MR) is 85.0 cm³/mol. The van der Waals surface area contributed by atoms with E-state index in [9.17, 15) is 9.90 Å². The van der Waals surface area contributed by atoms with Crippen LogP contribution in [0.25, 0.3) is 0 Å². The lowest BCUT2D eigenvalue weighted by atomic mass is 10.0. The molecule has 1 fully saturated rings. The van der Waals surface area contributed by atoms with Crippen LogP contribution in [0, 0.1) is 5.92 Å². The first-order chi connectivity index (χ1) is 11.1. The number of aliphatic hydroxyl groups is 1. The first-order valence-corrected chi connectivity index (χ1v) is 7.69. The molecule has 1 aromatic rings. The SMILES string of the molecule is CNC(=O)C[C@@H]1CN(Cc2cc(COC)cnc2OC)C[C@H]1O. The Balaban J connectivity index is 2.04. The molecule has 0 bridgehead atoms. The van der Waals surface area contributed by atoms with Gasteiger partial charge in [0.1, 0.15) is 0 Å². The second kappa shape index (κ2) is 8.24. The molecule has 2 N–H and O–H groups in total. The van der Waals surface area contributed by atoms with Gasteiger partial charge in [-0.3, -0.25) is 9.69 Å². The summed E-state index contributed by atoms with van der Waals surface area (Å²) in [6, 6.07) is 2.01. The van der Waals surface area contributed by atoms with Gasteiger partial charge in [0.15, 0.2) is 0 Å². The molecule has 7 nitrogen and oxygen atoms in total. The molecular formula is C16H25N3O4. The smallest absolute Gasteiger partial charge is 0.220 e. The summed E-state index contributed by atoms with van der Waals surface area (Å²) in [5, 5.41) is 12.8. The molecule has 1 aliphatic rings. The van der Waals surface area contributed by atoms with E-state index in [1.54, 1.807) is 27.5 Å². The molecule has 2 rings (SSSR count). The minimum Gasteiger partial charge on any atom is -0.481 e. The topological polar surface area (TPSA) is 83.9 Å². The second-order valence-electron chi connectivity index (χ2n) is 5.84. The molecule has 2 atom stereocenters. The molecule has 0 unspecified atom stereocenters. The van der Waals surface area contributed by atoms with E-state index in [0.717, 1.165) is 11.1 Å². The number of carbonyl (C=O) groups is 1. The minimum absolute atomic E-state index is 0.0442. The number of aliphatic hydroxyl groups excluding tert-OH is 1. The van der Waals surface area contributed by atoms with E-state index in [-0.39, 0.29) is 11.8 Å². The van der Waals surface area contributed by atoms with Gasteiger partial charge in [-0.15, -0.1) is 0 Å². The fourth-order valence-corrected chi connectivity index (χ4v) is 2.94. The van der Waals surface area contributed by atoms with Crippen LogP contribution in [0.3, 0.4) is 0 Å². The van der Waals surface area contributed by atoms with Crippen LogP contribution in [0.1, 0.15) is 17.5 Å². The van der Waals surface area contributed by atoms with Crippen LogP contribution in [-0.4, -0.2) is 61.4 Å². The molecule has 1 aliphatic heterocycles. The number of carbonyl (C=O) groups excluding carboxylic acids is 1. The molecule has 128 valence electrons. The zero-order valence-corrected chi connectivity index (χ0v) is 13.9. The Kier molecular flexibility index (Phi) is 6.32. The highest BCUT2D eigenvalue weighted by atomic mass is 16.5. The van der Waals surface area contributed by atoms with Gasteiger partial charge in [0.05, 0.1) is 19.8 Å². The number of aromatic nitrogens is 1. The van der Waals surface area contributed by atoms with Gasteiger partial charge in [0.25, 0.3) is 0 Å². The third kappa shape index (κ3) is 4.63. The van der Waals surface area contributed by atoms with Gasteiger partial charge in [-0.05, 0) is 11.6 Å². The molecule has 0 radical (unpaired) electrons. The maximum atomic E-state index is 11.5. The molecule has 0 spiro atoms. The molecule has 0 aliphatic carbocycles. The number of β-amino-alcohol motifs (C(OH)–C–C–N with tert-alkyl or cyclic N) is 1. The van der Waals surface area contributed by atoms with Crippen LogP contribution in [0.15, 0.2) is 12.3 Å². The molecule has 1 saturated heterocycles. The highest BCUT2D eigenvalue weighted by Crippen LogP contribution is 2.25. The number of ether oxygens (including phenoxy) is 2. The molecule has 2 heterocycles. The standard InChI is InChI=1S/C16H25N3O4/c1-17-15(21)5-12-7-19(9-14(12)20)8-13-4-11(10-22-2)6-18-16(13)23-3/h4,6,12,14,20H,5,7-10H2,1-3H3,(H,17,21)/t12-,14-/m1/s1. The number of likely N-dealkylation sites (tertiary alicyclic amines) is 1. The monoisotopic (exact) mass is 323 g/mol. The summed E-state index contributed by atoms with van der Waals surface area (Å²) in [5.41, 5.74) is 1.93. The van der Waals surface area contributed by atoms with Gasteiger partial charge in [-0.1, -0.05) is 0 Å². The van der Waals surface area contributed by atoms with E-state index < -0.39 is 6.10 Å². The summed E-state index contributed by atoms with van der Waals surface area (Å²) >= 11 is 0. The normalized spacial score (nSPS) is 21.4. The Labute approximate surface area is 136 Å². The van der Waals surface area contributed by atoms with Crippen molar-refractivity contribution in [2.45, 2.75) is 25.7 Å². The Morgan fingerprint density at radius 2 is 2.26 bits per heavy atom. The zero-order valence-electron chi connectivity index (χ0n) is 13.9. The van der Waals surface area contributed by atoms with E-state index in [4.69, 9.17) is 9.47 Å². The summed E-state index contributed by atoms with van der Waals surface area (Å²) in [6.45, 7) is 2.33. The lowest BCUT2D eigenvalue weighted by Gasteiger charge is -2.17. The number of nitrogens with one attached hydrogen (secondary N) is 1. The summed E-state index contributed by atoms with van der Waals surface area (Å²) in [5.74, 6) is 0.488. The molecular weight excluding hydrogens is 298 g/mol. The van der Waals surface area contributed by atoms with Crippen molar-refractivity contribution in [2.75, 3.05) is 34.4 Å².